The van der Waals surface area contributed by atoms with Crippen molar-refractivity contribution >= 4 is 11.3 Å². The minimum Gasteiger partial charge on any atom is -0.393 e. The van der Waals surface area contributed by atoms with Crippen LogP contribution in [0.2, 0.25) is 0 Å². The lowest BCUT2D eigenvalue weighted by Crippen LogP contribution is -2.25. The van der Waals surface area contributed by atoms with Crippen LogP contribution in [-0.2, 0) is 0 Å². The van der Waals surface area contributed by atoms with Gasteiger partial charge in [0, 0.05) is 15.8 Å². The maximum atomic E-state index is 9.50. The Balaban J connectivity index is 1.85. The van der Waals surface area contributed by atoms with Gasteiger partial charge in [-0.1, -0.05) is 0 Å². The van der Waals surface area contributed by atoms with E-state index in [0.717, 1.165) is 19.4 Å². The number of aliphatic hydroxyl groups excluding tert-OH is 1. The van der Waals surface area contributed by atoms with Crippen LogP contribution in [0.15, 0.2) is 6.07 Å². The molecule has 96 valence electrons. The van der Waals surface area contributed by atoms with Crippen molar-refractivity contribution in [1.29, 1.82) is 0 Å². The molecule has 1 aromatic rings. The maximum Gasteiger partial charge on any atom is 0.0543 e. The van der Waals surface area contributed by atoms with Gasteiger partial charge in [-0.2, -0.15) is 0 Å². The third-order valence-electron chi connectivity index (χ3n) is 3.77. The smallest absolute Gasteiger partial charge is 0.0543 e. The number of aryl methyl sites for hydroxylation is 2. The van der Waals surface area contributed by atoms with E-state index in [0.29, 0.717) is 12.0 Å². The van der Waals surface area contributed by atoms with Crippen LogP contribution in [0.25, 0.3) is 0 Å². The van der Waals surface area contributed by atoms with Crippen molar-refractivity contribution in [3.05, 3.63) is 21.4 Å². The molecule has 0 amide bonds. The molecular formula is C14H23NOS. The summed E-state index contributed by atoms with van der Waals surface area (Å²) in [6.45, 7) is 7.64. The zero-order chi connectivity index (χ0) is 12.4. The first-order chi connectivity index (χ1) is 8.06. The topological polar surface area (TPSA) is 32.3 Å². The van der Waals surface area contributed by atoms with Crippen molar-refractivity contribution in [2.45, 2.75) is 52.2 Å². The van der Waals surface area contributed by atoms with Crippen molar-refractivity contribution in [3.63, 3.8) is 0 Å². The normalized spacial score (nSPS) is 26.4. The van der Waals surface area contributed by atoms with Crippen molar-refractivity contribution in [1.82, 2.24) is 5.32 Å². The number of hydrogen-bond donors (Lipinski definition) is 2. The van der Waals surface area contributed by atoms with Gasteiger partial charge in [-0.05, 0) is 64.1 Å². The summed E-state index contributed by atoms with van der Waals surface area (Å²) < 4.78 is 0. The monoisotopic (exact) mass is 253 g/mol. The molecule has 3 heteroatoms. The Morgan fingerprint density at radius 3 is 2.76 bits per heavy atom. The second-order valence-electron chi connectivity index (χ2n) is 5.33. The van der Waals surface area contributed by atoms with E-state index in [1.54, 1.807) is 0 Å². The van der Waals surface area contributed by atoms with Gasteiger partial charge in [0.2, 0.25) is 0 Å². The third kappa shape index (κ3) is 3.30. The zero-order valence-electron chi connectivity index (χ0n) is 11.0. The molecule has 0 aliphatic heterocycles. The lowest BCUT2D eigenvalue weighted by Gasteiger charge is -2.17. The van der Waals surface area contributed by atoms with Crippen molar-refractivity contribution < 1.29 is 5.11 Å². The molecule has 0 bridgehead atoms. The molecule has 0 spiro atoms. The molecule has 1 saturated carbocycles. The Morgan fingerprint density at radius 1 is 1.47 bits per heavy atom. The van der Waals surface area contributed by atoms with Crippen molar-refractivity contribution in [2.75, 3.05) is 6.54 Å². The maximum absolute atomic E-state index is 9.50. The Bertz CT molecular complexity index is 374. The van der Waals surface area contributed by atoms with Crippen molar-refractivity contribution in [3.8, 4) is 0 Å². The van der Waals surface area contributed by atoms with Crippen LogP contribution in [0, 0.1) is 19.8 Å². The molecule has 2 N–H and O–H groups in total. The molecule has 0 radical (unpaired) electrons. The summed E-state index contributed by atoms with van der Waals surface area (Å²) in [6, 6.07) is 2.72. The van der Waals surface area contributed by atoms with Crippen LogP contribution in [0.5, 0.6) is 0 Å². The van der Waals surface area contributed by atoms with Crippen LogP contribution in [-0.4, -0.2) is 17.8 Å². The minimum atomic E-state index is -0.0535. The molecule has 3 atom stereocenters. The first-order valence-corrected chi connectivity index (χ1v) is 7.36. The highest BCUT2D eigenvalue weighted by molar-refractivity contribution is 7.12. The molecule has 1 aromatic heterocycles. The second-order valence-corrected chi connectivity index (χ2v) is 6.79. The minimum absolute atomic E-state index is 0.0535. The van der Waals surface area contributed by atoms with Crippen molar-refractivity contribution in [2.24, 2.45) is 5.92 Å². The fourth-order valence-corrected chi connectivity index (χ4v) is 3.79. The predicted molar refractivity (Wildman–Crippen MR) is 73.6 cm³/mol. The molecule has 1 aliphatic rings. The standard InChI is InChI=1S/C14H23NOS/c1-9-6-14(11(3)17-9)10(2)15-8-12-4-5-13(16)7-12/h6,10,12-13,15-16H,4-5,7-8H2,1-3H3. The summed E-state index contributed by atoms with van der Waals surface area (Å²) in [4.78, 5) is 2.82. The molecular weight excluding hydrogens is 230 g/mol. The summed E-state index contributed by atoms with van der Waals surface area (Å²) in [7, 11) is 0. The zero-order valence-corrected chi connectivity index (χ0v) is 11.8. The third-order valence-corrected chi connectivity index (χ3v) is 4.75. The van der Waals surface area contributed by atoms with Gasteiger partial charge < -0.3 is 10.4 Å². The Kier molecular flexibility index (Phi) is 4.23. The summed E-state index contributed by atoms with van der Waals surface area (Å²) in [5.41, 5.74) is 1.44. The number of thiophene rings is 1. The van der Waals surface area contributed by atoms with Gasteiger partial charge in [-0.15, -0.1) is 11.3 Å². The fraction of sp³-hybridized carbons (Fsp3) is 0.714. The summed E-state index contributed by atoms with van der Waals surface area (Å²) >= 11 is 1.88. The average molecular weight is 253 g/mol. The van der Waals surface area contributed by atoms with Gasteiger partial charge in [-0.3, -0.25) is 0 Å². The van der Waals surface area contributed by atoms with Gasteiger partial charge in [0.1, 0.15) is 0 Å². The number of hydrogen-bond acceptors (Lipinski definition) is 3. The molecule has 1 heterocycles. The lowest BCUT2D eigenvalue weighted by molar-refractivity contribution is 0.177. The van der Waals surface area contributed by atoms with Crippen LogP contribution in [0.3, 0.4) is 0 Å². The number of nitrogens with one attached hydrogen (secondary N) is 1. The van der Waals surface area contributed by atoms with E-state index in [4.69, 9.17) is 0 Å². The van der Waals surface area contributed by atoms with E-state index in [9.17, 15) is 5.11 Å². The van der Waals surface area contributed by atoms with Gasteiger partial charge in [0.15, 0.2) is 0 Å². The molecule has 2 nitrogen and oxygen atoms in total. The fourth-order valence-electron chi connectivity index (χ4n) is 2.77. The molecule has 2 rings (SSSR count). The molecule has 0 aromatic carbocycles. The van der Waals surface area contributed by atoms with E-state index in [-0.39, 0.29) is 6.10 Å². The summed E-state index contributed by atoms with van der Waals surface area (Å²) in [6.07, 6.45) is 3.07. The van der Waals surface area contributed by atoms with Gasteiger partial charge in [0.25, 0.3) is 0 Å². The van der Waals surface area contributed by atoms with Gasteiger partial charge in [-0.25, -0.2) is 0 Å². The van der Waals surface area contributed by atoms with Crippen LogP contribution in [0.1, 0.15) is 47.5 Å². The Hall–Kier alpha value is -0.380. The quantitative estimate of drug-likeness (QED) is 0.864. The SMILES string of the molecule is Cc1cc(C(C)NCC2CCC(O)C2)c(C)s1. The van der Waals surface area contributed by atoms with E-state index >= 15 is 0 Å². The highest BCUT2D eigenvalue weighted by Crippen LogP contribution is 2.28. The highest BCUT2D eigenvalue weighted by Gasteiger charge is 2.23. The molecule has 1 fully saturated rings. The first kappa shape index (κ1) is 13.1. The Morgan fingerprint density at radius 2 is 2.24 bits per heavy atom. The van der Waals surface area contributed by atoms with Gasteiger partial charge in [0.05, 0.1) is 6.10 Å². The van der Waals surface area contributed by atoms with Crippen LogP contribution < -0.4 is 5.32 Å². The van der Waals surface area contributed by atoms with E-state index in [1.165, 1.54) is 21.7 Å². The lowest BCUT2D eigenvalue weighted by atomic mass is 10.1. The first-order valence-electron chi connectivity index (χ1n) is 6.54. The summed E-state index contributed by atoms with van der Waals surface area (Å²) in [5.74, 6) is 0.660. The van der Waals surface area contributed by atoms with E-state index in [2.05, 4.69) is 32.2 Å². The molecule has 17 heavy (non-hydrogen) atoms. The van der Waals surface area contributed by atoms with Crippen LogP contribution >= 0.6 is 11.3 Å². The molecule has 3 unspecified atom stereocenters. The van der Waals surface area contributed by atoms with E-state index in [1.807, 2.05) is 11.3 Å². The predicted octanol–water partition coefficient (Wildman–Crippen LogP) is 3.18. The van der Waals surface area contributed by atoms with E-state index < -0.39 is 0 Å². The van der Waals surface area contributed by atoms with Gasteiger partial charge >= 0.3 is 0 Å². The number of aliphatic hydroxyl groups is 1. The average Bonchev–Trinajstić information content (AvgIpc) is 2.81. The van der Waals surface area contributed by atoms with Crippen LogP contribution in [0.4, 0.5) is 0 Å². The second kappa shape index (κ2) is 5.51. The number of rotatable bonds is 4. The highest BCUT2D eigenvalue weighted by atomic mass is 32.1. The molecule has 0 saturated heterocycles. The Labute approximate surface area is 108 Å². The molecule has 1 aliphatic carbocycles. The largest absolute Gasteiger partial charge is 0.393 e. The summed E-state index contributed by atoms with van der Waals surface area (Å²) in [5, 5.41) is 13.1.